The van der Waals surface area contributed by atoms with Gasteiger partial charge in [0, 0.05) is 23.0 Å². The zero-order chi connectivity index (χ0) is 20.5. The molecule has 0 radical (unpaired) electrons. The Labute approximate surface area is 172 Å². The zero-order valence-electron chi connectivity index (χ0n) is 17.5. The van der Waals surface area contributed by atoms with E-state index in [4.69, 9.17) is 5.10 Å². The Morgan fingerprint density at radius 1 is 1.07 bits per heavy atom. The van der Waals surface area contributed by atoms with E-state index < -0.39 is 0 Å². The normalized spacial score (nSPS) is 17.0. The van der Waals surface area contributed by atoms with Crippen LogP contribution in [0.4, 0.5) is 5.69 Å². The summed E-state index contributed by atoms with van der Waals surface area (Å²) in [6.07, 6.45) is 0.666. The first-order valence-electron chi connectivity index (χ1n) is 10.3. The van der Waals surface area contributed by atoms with Gasteiger partial charge in [-0.25, -0.2) is 0 Å². The van der Waals surface area contributed by atoms with Crippen molar-refractivity contribution in [1.29, 1.82) is 0 Å². The summed E-state index contributed by atoms with van der Waals surface area (Å²) >= 11 is 0. The highest BCUT2D eigenvalue weighted by Gasteiger charge is 2.37. The maximum Gasteiger partial charge on any atom is 0.258 e. The number of para-hydroxylation sites is 1. The first kappa shape index (κ1) is 19.2. The minimum atomic E-state index is -0.225. The van der Waals surface area contributed by atoms with E-state index >= 15 is 0 Å². The molecular weight excluding hydrogens is 360 g/mol. The van der Waals surface area contributed by atoms with Crippen molar-refractivity contribution in [2.45, 2.75) is 52.9 Å². The fraction of sp³-hybridized carbons (Fsp3) is 0.333. The lowest BCUT2D eigenvalue weighted by Gasteiger charge is -2.41. The molecule has 1 aliphatic rings. The van der Waals surface area contributed by atoms with Crippen molar-refractivity contribution in [2.24, 2.45) is 0 Å². The quantitative estimate of drug-likeness (QED) is 0.675. The maximum atomic E-state index is 13.4. The number of nitrogens with zero attached hydrogens (tertiary/aromatic N) is 3. The molecule has 0 fully saturated rings. The Hall–Kier alpha value is -3.08. The SMILES string of the molecule is CC[C@@H](C)N1C(=O)c2ccccc2N[C@@H]1c1c(C)nn(Cc2ccccc2)c1C. The number of fused-ring (bicyclic) bond motifs is 1. The molecule has 1 aromatic heterocycles. The molecule has 2 heterocycles. The van der Waals surface area contributed by atoms with Crippen LogP contribution in [0.1, 0.15) is 59.3 Å². The largest absolute Gasteiger partial charge is 0.361 e. The number of anilines is 1. The number of amides is 1. The molecule has 0 saturated carbocycles. The van der Waals surface area contributed by atoms with E-state index in [-0.39, 0.29) is 18.1 Å². The lowest BCUT2D eigenvalue weighted by Crippen LogP contribution is -2.47. The van der Waals surface area contributed by atoms with E-state index in [1.54, 1.807) is 0 Å². The third kappa shape index (κ3) is 3.41. The number of carbonyl (C=O) groups excluding carboxylic acids is 1. The first-order chi connectivity index (χ1) is 14.0. The number of hydrogen-bond acceptors (Lipinski definition) is 3. The fourth-order valence-corrected chi connectivity index (χ4v) is 4.15. The predicted molar refractivity (Wildman–Crippen MR) is 116 cm³/mol. The number of rotatable bonds is 5. The van der Waals surface area contributed by atoms with Crippen molar-refractivity contribution in [1.82, 2.24) is 14.7 Å². The van der Waals surface area contributed by atoms with E-state index in [2.05, 4.69) is 38.2 Å². The van der Waals surface area contributed by atoms with Crippen LogP contribution < -0.4 is 5.32 Å². The van der Waals surface area contributed by atoms with Gasteiger partial charge in [0.2, 0.25) is 0 Å². The summed E-state index contributed by atoms with van der Waals surface area (Å²) in [5.74, 6) is 0.0771. The van der Waals surface area contributed by atoms with E-state index in [0.717, 1.165) is 34.6 Å². The van der Waals surface area contributed by atoms with Crippen molar-refractivity contribution < 1.29 is 4.79 Å². The highest BCUT2D eigenvalue weighted by Crippen LogP contribution is 2.37. The number of nitrogens with one attached hydrogen (secondary N) is 1. The van der Waals surface area contributed by atoms with Crippen LogP contribution in [0.3, 0.4) is 0 Å². The van der Waals surface area contributed by atoms with E-state index in [9.17, 15) is 4.79 Å². The third-order valence-electron chi connectivity index (χ3n) is 5.91. The summed E-state index contributed by atoms with van der Waals surface area (Å²) in [6, 6.07) is 18.2. The van der Waals surface area contributed by atoms with Crippen LogP contribution in [0.25, 0.3) is 0 Å². The average molecular weight is 389 g/mol. The van der Waals surface area contributed by atoms with Gasteiger partial charge in [-0.2, -0.15) is 5.10 Å². The van der Waals surface area contributed by atoms with Gasteiger partial charge in [0.05, 0.1) is 17.8 Å². The number of benzene rings is 2. The van der Waals surface area contributed by atoms with Crippen molar-refractivity contribution in [3.05, 3.63) is 82.7 Å². The second kappa shape index (κ2) is 7.74. The molecule has 5 nitrogen and oxygen atoms in total. The molecule has 1 aliphatic heterocycles. The Balaban J connectivity index is 1.77. The van der Waals surface area contributed by atoms with Gasteiger partial charge in [-0.1, -0.05) is 49.4 Å². The molecule has 1 amide bonds. The molecule has 0 aliphatic carbocycles. The molecule has 0 spiro atoms. The van der Waals surface area contributed by atoms with Crippen molar-refractivity contribution in [3.8, 4) is 0 Å². The predicted octanol–water partition coefficient (Wildman–Crippen LogP) is 4.91. The average Bonchev–Trinajstić information content (AvgIpc) is 3.01. The topological polar surface area (TPSA) is 50.2 Å². The number of aromatic nitrogens is 2. The monoisotopic (exact) mass is 388 g/mol. The van der Waals surface area contributed by atoms with E-state index in [0.29, 0.717) is 6.54 Å². The third-order valence-corrected chi connectivity index (χ3v) is 5.91. The second-order valence-corrected chi connectivity index (χ2v) is 7.79. The Bertz CT molecular complexity index is 1020. The lowest BCUT2D eigenvalue weighted by atomic mass is 9.99. The Morgan fingerprint density at radius 3 is 2.48 bits per heavy atom. The summed E-state index contributed by atoms with van der Waals surface area (Å²) in [5, 5.41) is 8.44. The highest BCUT2D eigenvalue weighted by atomic mass is 16.2. The maximum absolute atomic E-state index is 13.4. The zero-order valence-corrected chi connectivity index (χ0v) is 17.5. The molecule has 1 N–H and O–H groups in total. The molecule has 5 heteroatoms. The number of carbonyl (C=O) groups is 1. The van der Waals surface area contributed by atoms with Crippen LogP contribution in [0.2, 0.25) is 0 Å². The Morgan fingerprint density at radius 2 is 1.76 bits per heavy atom. The number of aryl methyl sites for hydroxylation is 1. The molecule has 0 bridgehead atoms. The van der Waals surface area contributed by atoms with Gasteiger partial charge < -0.3 is 10.2 Å². The molecule has 2 atom stereocenters. The number of hydrogen-bond donors (Lipinski definition) is 1. The van der Waals surface area contributed by atoms with Gasteiger partial charge in [-0.15, -0.1) is 0 Å². The van der Waals surface area contributed by atoms with Crippen LogP contribution in [-0.4, -0.2) is 26.6 Å². The van der Waals surface area contributed by atoms with Gasteiger partial charge in [-0.3, -0.25) is 9.48 Å². The highest BCUT2D eigenvalue weighted by molar-refractivity contribution is 6.02. The molecule has 0 saturated heterocycles. The summed E-state index contributed by atoms with van der Waals surface area (Å²) < 4.78 is 2.04. The molecular formula is C24H28N4O. The standard InChI is InChI=1S/C24H28N4O/c1-5-16(2)28-23(25-21-14-10-9-13-20(21)24(28)29)22-17(3)26-27(18(22)4)15-19-11-7-6-8-12-19/h6-14,16,23,25H,5,15H2,1-4H3/t16-,23+/m1/s1. The van der Waals surface area contributed by atoms with E-state index in [1.165, 1.54) is 5.56 Å². The van der Waals surface area contributed by atoms with Crippen LogP contribution in [0.15, 0.2) is 54.6 Å². The molecule has 4 rings (SSSR count). The lowest BCUT2D eigenvalue weighted by molar-refractivity contribution is 0.0592. The molecule has 2 aromatic carbocycles. The summed E-state index contributed by atoms with van der Waals surface area (Å²) in [5.41, 5.74) is 5.96. The van der Waals surface area contributed by atoms with Crippen LogP contribution >= 0.6 is 0 Å². The van der Waals surface area contributed by atoms with Crippen molar-refractivity contribution in [2.75, 3.05) is 5.32 Å². The molecule has 29 heavy (non-hydrogen) atoms. The van der Waals surface area contributed by atoms with Gasteiger partial charge >= 0.3 is 0 Å². The summed E-state index contributed by atoms with van der Waals surface area (Å²) in [7, 11) is 0. The minimum absolute atomic E-state index is 0.0771. The first-order valence-corrected chi connectivity index (χ1v) is 10.3. The van der Waals surface area contributed by atoms with Crippen molar-refractivity contribution in [3.63, 3.8) is 0 Å². The van der Waals surface area contributed by atoms with Crippen molar-refractivity contribution >= 4 is 11.6 Å². The smallest absolute Gasteiger partial charge is 0.258 e. The van der Waals surface area contributed by atoms with Crippen LogP contribution in [0.5, 0.6) is 0 Å². The molecule has 3 aromatic rings. The van der Waals surface area contributed by atoms with Gasteiger partial charge in [0.15, 0.2) is 0 Å². The van der Waals surface area contributed by atoms with Gasteiger partial charge in [-0.05, 0) is 44.9 Å². The van der Waals surface area contributed by atoms with Gasteiger partial charge in [0.25, 0.3) is 5.91 Å². The van der Waals surface area contributed by atoms with Crippen LogP contribution in [0, 0.1) is 13.8 Å². The van der Waals surface area contributed by atoms with Gasteiger partial charge in [0.1, 0.15) is 6.17 Å². The van der Waals surface area contributed by atoms with E-state index in [1.807, 2.05) is 59.0 Å². The molecule has 0 unspecified atom stereocenters. The second-order valence-electron chi connectivity index (χ2n) is 7.79. The fourth-order valence-electron chi connectivity index (χ4n) is 4.15. The summed E-state index contributed by atoms with van der Waals surface area (Å²) in [4.78, 5) is 15.4. The Kier molecular flexibility index (Phi) is 5.14. The van der Waals surface area contributed by atoms with Crippen LogP contribution in [-0.2, 0) is 6.54 Å². The summed E-state index contributed by atoms with van der Waals surface area (Å²) in [6.45, 7) is 9.08. The molecule has 150 valence electrons. The minimum Gasteiger partial charge on any atom is -0.361 e.